The summed E-state index contributed by atoms with van der Waals surface area (Å²) in [5.74, 6) is 0.123. The van der Waals surface area contributed by atoms with Crippen LogP contribution < -0.4 is 5.32 Å². The molecule has 0 aliphatic heterocycles. The Balaban J connectivity index is 2.36. The Morgan fingerprint density at radius 3 is 2.72 bits per heavy atom. The molecule has 0 aliphatic rings. The van der Waals surface area contributed by atoms with Gasteiger partial charge in [0.05, 0.1) is 17.4 Å². The van der Waals surface area contributed by atoms with Crippen molar-refractivity contribution in [3.8, 4) is 0 Å². The smallest absolute Gasteiger partial charge is 0.236 e. The van der Waals surface area contributed by atoms with Crippen LogP contribution in [0.1, 0.15) is 4.88 Å². The second-order valence-electron chi connectivity index (χ2n) is 4.30. The third-order valence-electron chi connectivity index (χ3n) is 2.60. The molecule has 0 atom stereocenters. The summed E-state index contributed by atoms with van der Waals surface area (Å²) in [7, 11) is 5.68. The molecule has 4 nitrogen and oxygen atoms in total. The largest absolute Gasteiger partial charge is 0.340 e. The lowest BCUT2D eigenvalue weighted by Gasteiger charge is -2.21. The Morgan fingerprint density at radius 2 is 2.17 bits per heavy atom. The fourth-order valence-electron chi connectivity index (χ4n) is 1.49. The first-order chi connectivity index (χ1) is 8.52. The van der Waals surface area contributed by atoms with E-state index in [9.17, 15) is 4.79 Å². The number of carbonyl (C=O) groups is 1. The monoisotopic (exact) mass is 289 g/mol. The zero-order valence-electron chi connectivity index (χ0n) is 11.1. The zero-order valence-corrected chi connectivity index (χ0v) is 12.6. The van der Waals surface area contributed by atoms with Crippen LogP contribution >= 0.6 is 22.9 Å². The minimum atomic E-state index is 0.123. The molecule has 6 heteroatoms. The predicted octanol–water partition coefficient (Wildman–Crippen LogP) is 1.51. The molecular weight excluding hydrogens is 270 g/mol. The summed E-state index contributed by atoms with van der Waals surface area (Å²) in [4.78, 5) is 16.8. The standard InChI is InChI=1S/C12H20ClN3OS/c1-14-6-7-15(2)9-12(17)16(3)8-10-4-5-11(13)18-10/h4-5,14H,6-9H2,1-3H3. The molecule has 18 heavy (non-hydrogen) atoms. The Bertz CT molecular complexity index is 383. The van der Waals surface area contributed by atoms with Crippen LogP contribution in [-0.4, -0.2) is 56.5 Å². The van der Waals surface area contributed by atoms with Crippen molar-refractivity contribution in [3.05, 3.63) is 21.3 Å². The van der Waals surface area contributed by atoms with Crippen LogP contribution in [-0.2, 0) is 11.3 Å². The number of thiophene rings is 1. The highest BCUT2D eigenvalue weighted by molar-refractivity contribution is 7.16. The van der Waals surface area contributed by atoms with E-state index in [0.29, 0.717) is 13.1 Å². The molecule has 1 amide bonds. The van der Waals surface area contributed by atoms with Gasteiger partial charge in [-0.25, -0.2) is 0 Å². The molecule has 1 aromatic rings. The van der Waals surface area contributed by atoms with E-state index in [-0.39, 0.29) is 5.91 Å². The number of hydrogen-bond donors (Lipinski definition) is 1. The predicted molar refractivity (Wildman–Crippen MR) is 77.2 cm³/mol. The van der Waals surface area contributed by atoms with Crippen LogP contribution in [0, 0.1) is 0 Å². The van der Waals surface area contributed by atoms with Crippen LogP contribution in [0.15, 0.2) is 12.1 Å². The van der Waals surface area contributed by atoms with Crippen molar-refractivity contribution in [2.75, 3.05) is 40.8 Å². The summed E-state index contributed by atoms with van der Waals surface area (Å²) in [6.45, 7) is 2.81. The van der Waals surface area contributed by atoms with E-state index in [1.807, 2.05) is 38.2 Å². The highest BCUT2D eigenvalue weighted by Crippen LogP contribution is 2.22. The number of amides is 1. The van der Waals surface area contributed by atoms with Gasteiger partial charge in [0.15, 0.2) is 0 Å². The lowest BCUT2D eigenvalue weighted by atomic mass is 10.4. The van der Waals surface area contributed by atoms with Crippen molar-refractivity contribution in [2.24, 2.45) is 0 Å². The van der Waals surface area contributed by atoms with Crippen molar-refractivity contribution in [1.29, 1.82) is 0 Å². The van der Waals surface area contributed by atoms with Crippen molar-refractivity contribution in [1.82, 2.24) is 15.1 Å². The van der Waals surface area contributed by atoms with Crippen LogP contribution in [0.3, 0.4) is 0 Å². The summed E-state index contributed by atoms with van der Waals surface area (Å²) in [5.41, 5.74) is 0. The number of hydrogen-bond acceptors (Lipinski definition) is 4. The van der Waals surface area contributed by atoms with Gasteiger partial charge in [0.2, 0.25) is 5.91 Å². The second-order valence-corrected chi connectivity index (χ2v) is 6.10. The van der Waals surface area contributed by atoms with E-state index < -0.39 is 0 Å². The number of rotatable bonds is 7. The Labute approximate surface area is 118 Å². The highest BCUT2D eigenvalue weighted by atomic mass is 35.5. The topological polar surface area (TPSA) is 35.6 Å². The molecule has 0 spiro atoms. The average Bonchev–Trinajstić information content (AvgIpc) is 2.72. The molecule has 0 saturated carbocycles. The molecule has 102 valence electrons. The van der Waals surface area contributed by atoms with E-state index >= 15 is 0 Å². The van der Waals surface area contributed by atoms with Gasteiger partial charge in [-0.3, -0.25) is 9.69 Å². The fraction of sp³-hybridized carbons (Fsp3) is 0.583. The molecule has 1 heterocycles. The van der Waals surface area contributed by atoms with E-state index in [1.165, 1.54) is 11.3 Å². The lowest BCUT2D eigenvalue weighted by molar-refractivity contribution is -0.131. The molecule has 0 aliphatic carbocycles. The number of halogens is 1. The van der Waals surface area contributed by atoms with Gasteiger partial charge in [-0.2, -0.15) is 0 Å². The average molecular weight is 290 g/mol. The molecule has 0 radical (unpaired) electrons. The summed E-state index contributed by atoms with van der Waals surface area (Å²) in [6.07, 6.45) is 0. The van der Waals surface area contributed by atoms with Crippen LogP contribution in [0.5, 0.6) is 0 Å². The summed E-state index contributed by atoms with van der Waals surface area (Å²) in [6, 6.07) is 3.82. The summed E-state index contributed by atoms with van der Waals surface area (Å²) < 4.78 is 0.761. The van der Waals surface area contributed by atoms with Gasteiger partial charge in [-0.1, -0.05) is 11.6 Å². The second kappa shape index (κ2) is 7.74. The van der Waals surface area contributed by atoms with Crippen molar-refractivity contribution < 1.29 is 4.79 Å². The minimum absolute atomic E-state index is 0.123. The maximum absolute atomic E-state index is 12.0. The quantitative estimate of drug-likeness (QED) is 0.826. The van der Waals surface area contributed by atoms with Crippen molar-refractivity contribution in [2.45, 2.75) is 6.54 Å². The van der Waals surface area contributed by atoms with Gasteiger partial charge in [-0.05, 0) is 26.2 Å². The van der Waals surface area contributed by atoms with E-state index in [4.69, 9.17) is 11.6 Å². The molecule has 0 unspecified atom stereocenters. The van der Waals surface area contributed by atoms with Crippen LogP contribution in [0.4, 0.5) is 0 Å². The first-order valence-electron chi connectivity index (χ1n) is 5.84. The fourth-order valence-corrected chi connectivity index (χ4v) is 2.63. The van der Waals surface area contributed by atoms with E-state index in [1.54, 1.807) is 4.90 Å². The normalized spacial score (nSPS) is 10.9. The van der Waals surface area contributed by atoms with Crippen LogP contribution in [0.25, 0.3) is 0 Å². The number of likely N-dealkylation sites (N-methyl/N-ethyl adjacent to an activating group) is 3. The van der Waals surface area contributed by atoms with Gasteiger partial charge in [-0.15, -0.1) is 11.3 Å². The lowest BCUT2D eigenvalue weighted by Crippen LogP contribution is -2.38. The van der Waals surface area contributed by atoms with E-state index in [0.717, 1.165) is 22.3 Å². The first-order valence-corrected chi connectivity index (χ1v) is 7.03. The number of nitrogens with one attached hydrogen (secondary N) is 1. The van der Waals surface area contributed by atoms with Crippen molar-refractivity contribution in [3.63, 3.8) is 0 Å². The first kappa shape index (κ1) is 15.4. The zero-order chi connectivity index (χ0) is 13.5. The Morgan fingerprint density at radius 1 is 1.44 bits per heavy atom. The molecule has 0 fully saturated rings. The molecular formula is C12H20ClN3OS. The molecule has 1 N–H and O–H groups in total. The Hall–Kier alpha value is -0.620. The maximum atomic E-state index is 12.0. The third-order valence-corrected chi connectivity index (χ3v) is 3.81. The number of carbonyl (C=O) groups excluding carboxylic acids is 1. The van der Waals surface area contributed by atoms with Gasteiger partial charge in [0.1, 0.15) is 0 Å². The van der Waals surface area contributed by atoms with Gasteiger partial charge < -0.3 is 10.2 Å². The SMILES string of the molecule is CNCCN(C)CC(=O)N(C)Cc1ccc(Cl)s1. The van der Waals surface area contributed by atoms with E-state index in [2.05, 4.69) is 5.32 Å². The highest BCUT2D eigenvalue weighted by Gasteiger charge is 2.12. The third kappa shape index (κ3) is 5.35. The van der Waals surface area contributed by atoms with Gasteiger partial charge in [0.25, 0.3) is 0 Å². The molecule has 1 rings (SSSR count). The molecule has 0 aromatic carbocycles. The molecule has 0 bridgehead atoms. The molecule has 0 saturated heterocycles. The minimum Gasteiger partial charge on any atom is -0.340 e. The maximum Gasteiger partial charge on any atom is 0.236 e. The van der Waals surface area contributed by atoms with Crippen LogP contribution in [0.2, 0.25) is 4.34 Å². The summed E-state index contributed by atoms with van der Waals surface area (Å²) in [5, 5.41) is 3.06. The Kier molecular flexibility index (Phi) is 6.63. The molecule has 1 aromatic heterocycles. The van der Waals surface area contributed by atoms with Gasteiger partial charge >= 0.3 is 0 Å². The number of nitrogens with zero attached hydrogens (tertiary/aromatic N) is 2. The summed E-state index contributed by atoms with van der Waals surface area (Å²) >= 11 is 7.38. The van der Waals surface area contributed by atoms with Crippen molar-refractivity contribution >= 4 is 28.8 Å². The van der Waals surface area contributed by atoms with Gasteiger partial charge in [0, 0.05) is 25.0 Å².